The lowest BCUT2D eigenvalue weighted by molar-refractivity contribution is 0.354. The summed E-state index contributed by atoms with van der Waals surface area (Å²) in [4.78, 5) is 4.86. The summed E-state index contributed by atoms with van der Waals surface area (Å²) in [6.07, 6.45) is 0.897. The van der Waals surface area contributed by atoms with Crippen molar-refractivity contribution >= 4 is 16.6 Å². The Bertz CT molecular complexity index is 1230. The van der Waals surface area contributed by atoms with E-state index in [-0.39, 0.29) is 5.92 Å². The first-order valence-corrected chi connectivity index (χ1v) is 9.69. The molecule has 0 amide bonds. The molecule has 0 fully saturated rings. The number of hydrogen-bond donors (Lipinski definition) is 1. The van der Waals surface area contributed by atoms with E-state index in [1.54, 1.807) is 14.2 Å². The first-order valence-electron chi connectivity index (χ1n) is 9.69. The fourth-order valence-electron chi connectivity index (χ4n) is 4.47. The Kier molecular flexibility index (Phi) is 4.13. The van der Waals surface area contributed by atoms with Crippen LogP contribution in [0, 0.1) is 0 Å². The molecule has 1 aromatic heterocycles. The molecule has 4 heteroatoms. The van der Waals surface area contributed by atoms with Crippen LogP contribution in [0.15, 0.2) is 66.7 Å². The molecular formula is C25H22N2O2. The van der Waals surface area contributed by atoms with Crippen molar-refractivity contribution in [3.63, 3.8) is 0 Å². The molecule has 1 unspecified atom stereocenters. The fourth-order valence-corrected chi connectivity index (χ4v) is 4.47. The van der Waals surface area contributed by atoms with Crippen molar-refractivity contribution < 1.29 is 9.47 Å². The van der Waals surface area contributed by atoms with Gasteiger partial charge in [-0.15, -0.1) is 0 Å². The van der Waals surface area contributed by atoms with Crippen LogP contribution >= 0.6 is 0 Å². The average molecular weight is 382 g/mol. The van der Waals surface area contributed by atoms with Crippen molar-refractivity contribution in [3.05, 3.63) is 83.4 Å². The van der Waals surface area contributed by atoms with Gasteiger partial charge in [0.25, 0.3) is 0 Å². The normalized spacial score (nSPS) is 14.9. The number of hydrogen-bond acceptors (Lipinski definition) is 4. The van der Waals surface area contributed by atoms with Gasteiger partial charge < -0.3 is 15.2 Å². The summed E-state index contributed by atoms with van der Waals surface area (Å²) in [7, 11) is 3.33. The van der Waals surface area contributed by atoms with Gasteiger partial charge in [0.05, 0.1) is 19.9 Å². The van der Waals surface area contributed by atoms with Crippen molar-refractivity contribution in [2.75, 3.05) is 20.0 Å². The van der Waals surface area contributed by atoms with Crippen LogP contribution in [0.25, 0.3) is 22.0 Å². The molecule has 0 radical (unpaired) electrons. The number of nitrogens with zero attached hydrogens (tertiary/aromatic N) is 1. The maximum absolute atomic E-state index is 6.36. The predicted molar refractivity (Wildman–Crippen MR) is 117 cm³/mol. The number of rotatable bonds is 3. The van der Waals surface area contributed by atoms with E-state index in [9.17, 15) is 0 Å². The number of nitrogen functional groups attached to an aromatic ring is 1. The lowest BCUT2D eigenvalue weighted by Crippen LogP contribution is -2.15. The van der Waals surface area contributed by atoms with Gasteiger partial charge in [-0.05, 0) is 40.6 Å². The van der Waals surface area contributed by atoms with Crippen molar-refractivity contribution in [2.45, 2.75) is 12.3 Å². The summed E-state index contributed by atoms with van der Waals surface area (Å²) in [5.74, 6) is 2.19. The second-order valence-electron chi connectivity index (χ2n) is 7.33. The molecule has 2 N–H and O–H groups in total. The highest BCUT2D eigenvalue weighted by molar-refractivity contribution is 5.98. The first-order chi connectivity index (χ1) is 14.2. The van der Waals surface area contributed by atoms with E-state index in [1.807, 2.05) is 18.2 Å². The number of aromatic nitrogens is 1. The van der Waals surface area contributed by atoms with E-state index in [0.717, 1.165) is 39.9 Å². The first kappa shape index (κ1) is 17.6. The Balaban J connectivity index is 1.81. The lowest BCUT2D eigenvalue weighted by atomic mass is 9.76. The fraction of sp³-hybridized carbons (Fsp3) is 0.160. The van der Waals surface area contributed by atoms with Crippen LogP contribution in [0.2, 0.25) is 0 Å². The second-order valence-corrected chi connectivity index (χ2v) is 7.33. The van der Waals surface area contributed by atoms with Gasteiger partial charge in [0.2, 0.25) is 0 Å². The molecule has 3 aromatic carbocycles. The summed E-state index contributed by atoms with van der Waals surface area (Å²) in [5, 5.41) is 2.15. The quantitative estimate of drug-likeness (QED) is 0.530. The number of fused-ring (bicyclic) bond motifs is 5. The Hall–Kier alpha value is -3.53. The van der Waals surface area contributed by atoms with Crippen molar-refractivity contribution in [1.82, 2.24) is 4.98 Å². The number of anilines is 1. The average Bonchev–Trinajstić information content (AvgIpc) is 2.78. The predicted octanol–water partition coefficient (Wildman–Crippen LogP) is 5.19. The topological polar surface area (TPSA) is 57.4 Å². The molecule has 1 aliphatic carbocycles. The maximum atomic E-state index is 6.36. The summed E-state index contributed by atoms with van der Waals surface area (Å²) >= 11 is 0. The largest absolute Gasteiger partial charge is 0.493 e. The van der Waals surface area contributed by atoms with E-state index in [2.05, 4.69) is 48.5 Å². The third-order valence-electron chi connectivity index (χ3n) is 5.84. The third kappa shape index (κ3) is 2.71. The van der Waals surface area contributed by atoms with Crippen LogP contribution in [0.1, 0.15) is 22.6 Å². The number of benzene rings is 3. The van der Waals surface area contributed by atoms with Gasteiger partial charge in [-0.2, -0.15) is 0 Å². The molecule has 0 spiro atoms. The van der Waals surface area contributed by atoms with E-state index in [0.29, 0.717) is 5.82 Å². The Morgan fingerprint density at radius 3 is 2.38 bits per heavy atom. The SMILES string of the molecule is COc1ccc(C2Cc3ccccc3-c3nc(N)c4ccccc4c32)cc1OC. The third-order valence-corrected chi connectivity index (χ3v) is 5.84. The summed E-state index contributed by atoms with van der Waals surface area (Å²) in [6.45, 7) is 0. The Morgan fingerprint density at radius 2 is 1.59 bits per heavy atom. The van der Waals surface area contributed by atoms with Crippen LogP contribution in [-0.4, -0.2) is 19.2 Å². The van der Waals surface area contributed by atoms with Gasteiger partial charge >= 0.3 is 0 Å². The molecule has 4 aromatic rings. The number of pyridine rings is 1. The van der Waals surface area contributed by atoms with Crippen molar-refractivity contribution in [2.24, 2.45) is 0 Å². The van der Waals surface area contributed by atoms with Gasteiger partial charge in [-0.1, -0.05) is 54.6 Å². The second kappa shape index (κ2) is 6.82. The molecule has 1 heterocycles. The van der Waals surface area contributed by atoms with Gasteiger partial charge in [0.1, 0.15) is 5.82 Å². The van der Waals surface area contributed by atoms with Gasteiger partial charge in [0.15, 0.2) is 11.5 Å². The molecule has 144 valence electrons. The molecule has 1 aliphatic rings. The smallest absolute Gasteiger partial charge is 0.161 e. The zero-order chi connectivity index (χ0) is 20.0. The minimum atomic E-state index is 0.151. The summed E-state index contributed by atoms with van der Waals surface area (Å²) in [6, 6.07) is 22.9. The number of nitrogens with two attached hydrogens (primary N) is 1. The minimum absolute atomic E-state index is 0.151. The highest BCUT2D eigenvalue weighted by Crippen LogP contribution is 2.46. The van der Waals surface area contributed by atoms with E-state index in [1.165, 1.54) is 16.7 Å². The molecule has 29 heavy (non-hydrogen) atoms. The van der Waals surface area contributed by atoms with Crippen LogP contribution in [0.4, 0.5) is 5.82 Å². The standard InChI is InChI=1S/C25H22N2O2/c1-28-21-12-11-16(14-22(21)29-2)20-13-15-7-3-4-8-17(15)24-23(20)18-9-5-6-10-19(18)25(26)27-24/h3-12,14,20H,13H2,1-2H3,(H2,26,27). The summed E-state index contributed by atoms with van der Waals surface area (Å²) < 4.78 is 11.0. The van der Waals surface area contributed by atoms with Crippen molar-refractivity contribution in [1.29, 1.82) is 0 Å². The zero-order valence-electron chi connectivity index (χ0n) is 16.5. The molecule has 4 nitrogen and oxygen atoms in total. The van der Waals surface area contributed by atoms with Gasteiger partial charge in [-0.3, -0.25) is 0 Å². The molecule has 0 saturated carbocycles. The molecular weight excluding hydrogens is 360 g/mol. The molecule has 0 aliphatic heterocycles. The van der Waals surface area contributed by atoms with E-state index < -0.39 is 0 Å². The highest BCUT2D eigenvalue weighted by atomic mass is 16.5. The minimum Gasteiger partial charge on any atom is -0.493 e. The molecule has 1 atom stereocenters. The summed E-state index contributed by atoms with van der Waals surface area (Å²) in [5.41, 5.74) is 12.2. The number of ether oxygens (including phenoxy) is 2. The van der Waals surface area contributed by atoms with Crippen LogP contribution < -0.4 is 15.2 Å². The van der Waals surface area contributed by atoms with E-state index in [4.69, 9.17) is 20.2 Å². The van der Waals surface area contributed by atoms with Gasteiger partial charge in [0, 0.05) is 16.9 Å². The van der Waals surface area contributed by atoms with Crippen molar-refractivity contribution in [3.8, 4) is 22.8 Å². The molecule has 5 rings (SSSR count). The Morgan fingerprint density at radius 1 is 0.862 bits per heavy atom. The van der Waals surface area contributed by atoms with Crippen LogP contribution in [0.5, 0.6) is 11.5 Å². The number of methoxy groups -OCH3 is 2. The van der Waals surface area contributed by atoms with Crippen LogP contribution in [0.3, 0.4) is 0 Å². The monoisotopic (exact) mass is 382 g/mol. The molecule has 0 saturated heterocycles. The maximum Gasteiger partial charge on any atom is 0.161 e. The van der Waals surface area contributed by atoms with Crippen LogP contribution in [-0.2, 0) is 6.42 Å². The van der Waals surface area contributed by atoms with Gasteiger partial charge in [-0.25, -0.2) is 4.98 Å². The Labute approximate surface area is 169 Å². The lowest BCUT2D eigenvalue weighted by Gasteiger charge is -2.29. The highest BCUT2D eigenvalue weighted by Gasteiger charge is 2.30. The molecule has 0 bridgehead atoms. The zero-order valence-corrected chi connectivity index (χ0v) is 16.5. The van der Waals surface area contributed by atoms with E-state index >= 15 is 0 Å².